The number of nitrogens with one attached hydrogen (secondary N) is 1. The van der Waals surface area contributed by atoms with Crippen LogP contribution < -0.4 is 15.2 Å². The molecule has 2 atom stereocenters. The van der Waals surface area contributed by atoms with Crippen molar-refractivity contribution in [1.29, 1.82) is 0 Å². The molecule has 2 unspecified atom stereocenters. The van der Waals surface area contributed by atoms with Gasteiger partial charge in [0.1, 0.15) is 5.75 Å². The first-order valence-electron chi connectivity index (χ1n) is 6.37. The molecule has 3 N–H and O–H groups in total. The summed E-state index contributed by atoms with van der Waals surface area (Å²) in [5.41, 5.74) is 5.85. The number of hydrogen-bond donors (Lipinski definition) is 2. The molecule has 0 radical (unpaired) electrons. The smallest absolute Gasteiger partial charge is 0.240 e. The Labute approximate surface area is 119 Å². The zero-order valence-electron chi connectivity index (χ0n) is 11.5. The van der Waals surface area contributed by atoms with Crippen LogP contribution in [0, 0.1) is 17.8 Å². The number of rotatable bonds is 4. The van der Waals surface area contributed by atoms with E-state index in [1.54, 1.807) is 6.07 Å². The number of ether oxygens (including phenoxy) is 1. The van der Waals surface area contributed by atoms with Crippen molar-refractivity contribution >= 4 is 10.0 Å². The first-order valence-corrected chi connectivity index (χ1v) is 7.85. The zero-order valence-corrected chi connectivity index (χ0v) is 12.3. The molecule has 5 nitrogen and oxygen atoms in total. The summed E-state index contributed by atoms with van der Waals surface area (Å²) in [5.74, 6) is 6.46. The maximum atomic E-state index is 12.2. The summed E-state index contributed by atoms with van der Waals surface area (Å²) in [6.07, 6.45) is 0.884. The van der Waals surface area contributed by atoms with Crippen LogP contribution in [-0.4, -0.2) is 28.1 Å². The predicted octanol–water partition coefficient (Wildman–Crippen LogP) is 0.692. The monoisotopic (exact) mass is 294 g/mol. The van der Waals surface area contributed by atoms with E-state index in [2.05, 4.69) is 16.6 Å². The third kappa shape index (κ3) is 3.31. The second kappa shape index (κ2) is 5.83. The lowest BCUT2D eigenvalue weighted by atomic mass is 10.2. The molecule has 1 saturated carbocycles. The average Bonchev–Trinajstić information content (AvgIpc) is 3.10. The minimum Gasteiger partial charge on any atom is -0.495 e. The lowest BCUT2D eigenvalue weighted by Gasteiger charge is -2.09. The minimum absolute atomic E-state index is 0.0423. The number of benzene rings is 1. The van der Waals surface area contributed by atoms with Gasteiger partial charge in [-0.1, -0.05) is 18.8 Å². The lowest BCUT2D eigenvalue weighted by Crippen LogP contribution is -2.26. The Balaban J connectivity index is 2.32. The summed E-state index contributed by atoms with van der Waals surface area (Å²) in [5, 5.41) is 0. The van der Waals surface area contributed by atoms with Gasteiger partial charge in [0.25, 0.3) is 0 Å². The summed E-state index contributed by atoms with van der Waals surface area (Å²) in [4.78, 5) is 0.193. The molecule has 0 bridgehead atoms. The van der Waals surface area contributed by atoms with E-state index in [4.69, 9.17) is 10.5 Å². The van der Waals surface area contributed by atoms with Gasteiger partial charge < -0.3 is 10.5 Å². The van der Waals surface area contributed by atoms with E-state index in [-0.39, 0.29) is 17.5 Å². The highest BCUT2D eigenvalue weighted by molar-refractivity contribution is 7.89. The van der Waals surface area contributed by atoms with Crippen molar-refractivity contribution in [3.05, 3.63) is 23.8 Å². The molecule has 2 rings (SSSR count). The minimum atomic E-state index is -3.51. The Bertz CT molecular complexity index is 659. The fourth-order valence-corrected chi connectivity index (χ4v) is 3.24. The zero-order chi connectivity index (χ0) is 14.8. The maximum absolute atomic E-state index is 12.2. The topological polar surface area (TPSA) is 81.4 Å². The molecule has 1 fully saturated rings. The fourth-order valence-electron chi connectivity index (χ4n) is 1.85. The molecule has 6 heteroatoms. The van der Waals surface area contributed by atoms with Gasteiger partial charge in [-0.2, -0.15) is 0 Å². The highest BCUT2D eigenvalue weighted by atomic mass is 32.2. The van der Waals surface area contributed by atoms with Crippen molar-refractivity contribution in [2.24, 2.45) is 11.7 Å². The van der Waals surface area contributed by atoms with Crippen molar-refractivity contribution in [3.8, 4) is 17.6 Å². The third-order valence-corrected chi connectivity index (χ3v) is 4.71. The quantitative estimate of drug-likeness (QED) is 0.801. The van der Waals surface area contributed by atoms with Gasteiger partial charge in [-0.15, -0.1) is 0 Å². The van der Waals surface area contributed by atoms with E-state index in [0.29, 0.717) is 17.2 Å². The van der Waals surface area contributed by atoms with Gasteiger partial charge >= 0.3 is 0 Å². The van der Waals surface area contributed by atoms with Crippen LogP contribution in [0.2, 0.25) is 0 Å². The number of sulfonamides is 1. The fraction of sp³-hybridized carbons (Fsp3) is 0.429. The summed E-state index contributed by atoms with van der Waals surface area (Å²) in [7, 11) is -1.99. The number of nitrogens with two attached hydrogens (primary N) is 1. The van der Waals surface area contributed by atoms with Gasteiger partial charge in [-0.05, 0) is 30.5 Å². The van der Waals surface area contributed by atoms with Crippen molar-refractivity contribution in [2.75, 3.05) is 13.7 Å². The molecule has 0 spiro atoms. The summed E-state index contributed by atoms with van der Waals surface area (Å²) in [6.45, 7) is 2.22. The maximum Gasteiger partial charge on any atom is 0.240 e. The molecule has 1 aliphatic rings. The largest absolute Gasteiger partial charge is 0.495 e. The van der Waals surface area contributed by atoms with Gasteiger partial charge in [0.05, 0.1) is 24.1 Å². The van der Waals surface area contributed by atoms with Crippen LogP contribution in [0.3, 0.4) is 0 Å². The van der Waals surface area contributed by atoms with E-state index in [0.717, 1.165) is 6.42 Å². The molecule has 0 amide bonds. The van der Waals surface area contributed by atoms with E-state index in [1.165, 1.54) is 19.2 Å². The molecule has 0 saturated heterocycles. The van der Waals surface area contributed by atoms with Gasteiger partial charge in [0, 0.05) is 6.04 Å². The molecule has 1 aliphatic carbocycles. The second-order valence-electron chi connectivity index (χ2n) is 4.81. The number of methoxy groups -OCH3 is 1. The highest BCUT2D eigenvalue weighted by Crippen LogP contribution is 2.31. The van der Waals surface area contributed by atoms with E-state index >= 15 is 0 Å². The molecule has 108 valence electrons. The normalized spacial score (nSPS) is 20.9. The second-order valence-corrected chi connectivity index (χ2v) is 6.52. The van der Waals surface area contributed by atoms with Crippen molar-refractivity contribution in [1.82, 2.24) is 4.72 Å². The van der Waals surface area contributed by atoms with Crippen LogP contribution in [0.25, 0.3) is 0 Å². The Morgan fingerprint density at radius 3 is 2.75 bits per heavy atom. The third-order valence-electron chi connectivity index (χ3n) is 3.22. The van der Waals surface area contributed by atoms with Gasteiger partial charge in [-0.3, -0.25) is 0 Å². The molecule has 0 aromatic heterocycles. The molecule has 0 heterocycles. The van der Waals surface area contributed by atoms with E-state index in [9.17, 15) is 8.42 Å². The molecular weight excluding hydrogens is 276 g/mol. The van der Waals surface area contributed by atoms with Crippen LogP contribution in [0.4, 0.5) is 0 Å². The van der Waals surface area contributed by atoms with Crippen LogP contribution >= 0.6 is 0 Å². The molecule has 1 aromatic rings. The van der Waals surface area contributed by atoms with Crippen molar-refractivity contribution in [3.63, 3.8) is 0 Å². The van der Waals surface area contributed by atoms with Gasteiger partial charge in [0.15, 0.2) is 0 Å². The molecule has 0 aliphatic heterocycles. The van der Waals surface area contributed by atoms with Gasteiger partial charge in [-0.25, -0.2) is 13.1 Å². The predicted molar refractivity (Wildman–Crippen MR) is 76.8 cm³/mol. The molecule has 1 aromatic carbocycles. The first-order chi connectivity index (χ1) is 9.47. The Morgan fingerprint density at radius 1 is 1.50 bits per heavy atom. The van der Waals surface area contributed by atoms with Crippen LogP contribution in [-0.2, 0) is 10.0 Å². The summed E-state index contributed by atoms with van der Waals surface area (Å²) >= 11 is 0. The van der Waals surface area contributed by atoms with Gasteiger partial charge in [0.2, 0.25) is 10.0 Å². The summed E-state index contributed by atoms with van der Waals surface area (Å²) in [6, 6.07) is 4.67. The molecule has 20 heavy (non-hydrogen) atoms. The standard InChI is InChI=1S/C14H18N2O3S/c1-10-8-13(10)16-20(17,18)12-5-6-14(19-2)11(9-12)4-3-7-15/h5-6,9-10,13,16H,7-8,15H2,1-2H3. The van der Waals surface area contributed by atoms with Crippen LogP contribution in [0.15, 0.2) is 23.1 Å². The van der Waals surface area contributed by atoms with E-state index < -0.39 is 10.0 Å². The average molecular weight is 294 g/mol. The number of hydrogen-bond acceptors (Lipinski definition) is 4. The highest BCUT2D eigenvalue weighted by Gasteiger charge is 2.36. The Hall–Kier alpha value is -1.55. The van der Waals surface area contributed by atoms with Crippen molar-refractivity contribution in [2.45, 2.75) is 24.3 Å². The Kier molecular flexibility index (Phi) is 4.33. The van der Waals surface area contributed by atoms with E-state index in [1.807, 2.05) is 6.92 Å². The van der Waals surface area contributed by atoms with Crippen LogP contribution in [0.1, 0.15) is 18.9 Å². The SMILES string of the molecule is COc1ccc(S(=O)(=O)NC2CC2C)cc1C#CCN. The first kappa shape index (κ1) is 14.9. The lowest BCUT2D eigenvalue weighted by molar-refractivity contribution is 0.413. The summed E-state index contributed by atoms with van der Waals surface area (Å²) < 4.78 is 32.3. The Morgan fingerprint density at radius 2 is 2.20 bits per heavy atom. The van der Waals surface area contributed by atoms with Crippen molar-refractivity contribution < 1.29 is 13.2 Å². The molecular formula is C14H18N2O3S. The van der Waals surface area contributed by atoms with Crippen LogP contribution in [0.5, 0.6) is 5.75 Å².